The minimum Gasteiger partial charge on any atom is -0.0625 e. The summed E-state index contributed by atoms with van der Waals surface area (Å²) >= 11 is 0. The van der Waals surface area contributed by atoms with Gasteiger partial charge in [0.2, 0.25) is 0 Å². The lowest BCUT2D eigenvalue weighted by Crippen LogP contribution is -2.15. The molecule has 76 valence electrons. The van der Waals surface area contributed by atoms with Crippen LogP contribution in [0.5, 0.6) is 0 Å². The molecular formula is C14H20. The van der Waals surface area contributed by atoms with E-state index in [0.717, 1.165) is 11.8 Å². The summed E-state index contributed by atoms with van der Waals surface area (Å²) in [6.45, 7) is 2.40. The van der Waals surface area contributed by atoms with Gasteiger partial charge in [-0.05, 0) is 30.2 Å². The van der Waals surface area contributed by atoms with E-state index >= 15 is 0 Å². The van der Waals surface area contributed by atoms with Crippen LogP contribution < -0.4 is 0 Å². The van der Waals surface area contributed by atoms with Crippen LogP contribution in [-0.2, 0) is 6.42 Å². The van der Waals surface area contributed by atoms with Gasteiger partial charge in [0, 0.05) is 0 Å². The summed E-state index contributed by atoms with van der Waals surface area (Å²) in [6, 6.07) is 10.9. The lowest BCUT2D eigenvalue weighted by molar-refractivity contribution is 0.281. The molecule has 1 fully saturated rings. The van der Waals surface area contributed by atoms with Crippen LogP contribution >= 0.6 is 0 Å². The van der Waals surface area contributed by atoms with Crippen molar-refractivity contribution in [3.05, 3.63) is 35.9 Å². The van der Waals surface area contributed by atoms with Gasteiger partial charge in [0.05, 0.1) is 0 Å². The molecule has 0 nitrogen and oxygen atoms in total. The van der Waals surface area contributed by atoms with Crippen molar-refractivity contribution in [3.8, 4) is 0 Å². The van der Waals surface area contributed by atoms with E-state index < -0.39 is 0 Å². The van der Waals surface area contributed by atoms with E-state index in [0.29, 0.717) is 0 Å². The molecule has 0 saturated heterocycles. The molecule has 1 aromatic rings. The Balaban J connectivity index is 1.91. The van der Waals surface area contributed by atoms with E-state index in [2.05, 4.69) is 37.3 Å². The van der Waals surface area contributed by atoms with Crippen LogP contribution in [0.25, 0.3) is 0 Å². The molecule has 0 aliphatic heterocycles. The van der Waals surface area contributed by atoms with Gasteiger partial charge in [-0.15, -0.1) is 0 Å². The van der Waals surface area contributed by atoms with Crippen LogP contribution in [-0.4, -0.2) is 0 Å². The van der Waals surface area contributed by atoms with Crippen molar-refractivity contribution in [3.63, 3.8) is 0 Å². The van der Waals surface area contributed by atoms with Crippen LogP contribution in [0.3, 0.4) is 0 Å². The van der Waals surface area contributed by atoms with Crippen LogP contribution in [0.15, 0.2) is 30.3 Å². The molecule has 14 heavy (non-hydrogen) atoms. The van der Waals surface area contributed by atoms with Gasteiger partial charge < -0.3 is 0 Å². The number of hydrogen-bond donors (Lipinski definition) is 0. The molecule has 2 atom stereocenters. The summed E-state index contributed by atoms with van der Waals surface area (Å²) in [6.07, 6.45) is 7.07. The van der Waals surface area contributed by atoms with E-state index in [9.17, 15) is 0 Å². The third kappa shape index (κ3) is 2.60. The van der Waals surface area contributed by atoms with Crippen LogP contribution in [0.4, 0.5) is 0 Å². The average Bonchev–Trinajstić information content (AvgIpc) is 2.19. The second-order valence-electron chi connectivity index (χ2n) is 4.83. The van der Waals surface area contributed by atoms with Crippen LogP contribution in [0.2, 0.25) is 0 Å². The third-order valence-corrected chi connectivity index (χ3v) is 3.41. The Labute approximate surface area is 87.3 Å². The normalized spacial score (nSPS) is 27.5. The van der Waals surface area contributed by atoms with Crippen molar-refractivity contribution in [1.82, 2.24) is 0 Å². The van der Waals surface area contributed by atoms with Gasteiger partial charge >= 0.3 is 0 Å². The van der Waals surface area contributed by atoms with Crippen molar-refractivity contribution in [2.75, 3.05) is 0 Å². The van der Waals surface area contributed by atoms with E-state index in [4.69, 9.17) is 0 Å². The van der Waals surface area contributed by atoms with Crippen LogP contribution in [0, 0.1) is 11.8 Å². The van der Waals surface area contributed by atoms with Gasteiger partial charge in [-0.1, -0.05) is 56.5 Å². The highest BCUT2D eigenvalue weighted by molar-refractivity contribution is 5.15. The SMILES string of the molecule is C[C@@H]1CCCC(Cc2ccccc2)C1. The van der Waals surface area contributed by atoms with Crippen molar-refractivity contribution in [1.29, 1.82) is 0 Å². The summed E-state index contributed by atoms with van der Waals surface area (Å²) in [5, 5.41) is 0. The number of benzene rings is 1. The molecule has 1 saturated carbocycles. The third-order valence-electron chi connectivity index (χ3n) is 3.41. The molecule has 1 unspecified atom stereocenters. The Morgan fingerprint density at radius 1 is 1.14 bits per heavy atom. The topological polar surface area (TPSA) is 0 Å². The first kappa shape index (κ1) is 9.76. The fourth-order valence-electron chi connectivity index (χ4n) is 2.69. The quantitative estimate of drug-likeness (QED) is 0.656. The average molecular weight is 188 g/mol. The fraction of sp³-hybridized carbons (Fsp3) is 0.571. The fourth-order valence-corrected chi connectivity index (χ4v) is 2.69. The lowest BCUT2D eigenvalue weighted by atomic mass is 9.79. The van der Waals surface area contributed by atoms with Gasteiger partial charge in [0.25, 0.3) is 0 Å². The smallest absolute Gasteiger partial charge is 0.0250 e. The lowest BCUT2D eigenvalue weighted by Gasteiger charge is -2.26. The van der Waals surface area contributed by atoms with E-state index in [1.807, 2.05) is 0 Å². The molecule has 1 aliphatic carbocycles. The Bertz CT molecular complexity index is 263. The van der Waals surface area contributed by atoms with Crippen molar-refractivity contribution in [2.45, 2.75) is 39.0 Å². The van der Waals surface area contributed by atoms with Gasteiger partial charge in [-0.2, -0.15) is 0 Å². The maximum Gasteiger partial charge on any atom is -0.0250 e. The van der Waals surface area contributed by atoms with Crippen molar-refractivity contribution < 1.29 is 0 Å². The van der Waals surface area contributed by atoms with E-state index in [1.165, 1.54) is 37.7 Å². The van der Waals surface area contributed by atoms with E-state index in [1.54, 1.807) is 0 Å². The predicted molar refractivity (Wildman–Crippen MR) is 61.3 cm³/mol. The molecule has 0 radical (unpaired) electrons. The van der Waals surface area contributed by atoms with Crippen molar-refractivity contribution >= 4 is 0 Å². The Morgan fingerprint density at radius 2 is 1.93 bits per heavy atom. The van der Waals surface area contributed by atoms with Gasteiger partial charge in [0.15, 0.2) is 0 Å². The first-order valence-electron chi connectivity index (χ1n) is 5.88. The molecule has 1 aliphatic rings. The van der Waals surface area contributed by atoms with Gasteiger partial charge in [0.1, 0.15) is 0 Å². The van der Waals surface area contributed by atoms with Crippen LogP contribution in [0.1, 0.15) is 38.2 Å². The molecule has 0 heterocycles. The second kappa shape index (κ2) is 4.63. The Kier molecular flexibility index (Phi) is 3.23. The summed E-state index contributed by atoms with van der Waals surface area (Å²) in [5.74, 6) is 1.90. The zero-order chi connectivity index (χ0) is 9.80. The monoisotopic (exact) mass is 188 g/mol. The molecule has 0 heteroatoms. The molecule has 0 aromatic heterocycles. The predicted octanol–water partition coefficient (Wildman–Crippen LogP) is 4.06. The molecular weight excluding hydrogens is 168 g/mol. The highest BCUT2D eigenvalue weighted by Crippen LogP contribution is 2.30. The highest BCUT2D eigenvalue weighted by atomic mass is 14.2. The van der Waals surface area contributed by atoms with Crippen molar-refractivity contribution in [2.24, 2.45) is 11.8 Å². The first-order chi connectivity index (χ1) is 6.84. The number of rotatable bonds is 2. The zero-order valence-corrected chi connectivity index (χ0v) is 9.08. The molecule has 0 N–H and O–H groups in total. The molecule has 2 rings (SSSR count). The summed E-state index contributed by atoms with van der Waals surface area (Å²) in [5.41, 5.74) is 1.52. The molecule has 0 amide bonds. The van der Waals surface area contributed by atoms with Gasteiger partial charge in [-0.25, -0.2) is 0 Å². The zero-order valence-electron chi connectivity index (χ0n) is 9.08. The molecule has 0 spiro atoms. The minimum atomic E-state index is 0.946. The summed E-state index contributed by atoms with van der Waals surface area (Å²) in [4.78, 5) is 0. The highest BCUT2D eigenvalue weighted by Gasteiger charge is 2.18. The largest absolute Gasteiger partial charge is 0.0625 e. The standard InChI is InChI=1S/C14H20/c1-12-6-5-9-14(10-12)11-13-7-3-2-4-8-13/h2-4,7-8,12,14H,5-6,9-11H2,1H3/t12-,14?/m1/s1. The Hall–Kier alpha value is -0.780. The summed E-state index contributed by atoms with van der Waals surface area (Å²) in [7, 11) is 0. The maximum absolute atomic E-state index is 2.40. The second-order valence-corrected chi connectivity index (χ2v) is 4.83. The Morgan fingerprint density at radius 3 is 2.64 bits per heavy atom. The number of hydrogen-bond acceptors (Lipinski definition) is 0. The maximum atomic E-state index is 2.40. The molecule has 1 aromatic carbocycles. The molecule has 0 bridgehead atoms. The minimum absolute atomic E-state index is 0.946. The van der Waals surface area contributed by atoms with Gasteiger partial charge in [-0.3, -0.25) is 0 Å². The first-order valence-corrected chi connectivity index (χ1v) is 5.88. The van der Waals surface area contributed by atoms with E-state index in [-0.39, 0.29) is 0 Å². The summed E-state index contributed by atoms with van der Waals surface area (Å²) < 4.78 is 0.